The average molecular weight is 752 g/mol. The minimum atomic E-state index is -0.451. The van der Waals surface area contributed by atoms with E-state index in [1.807, 2.05) is 30.3 Å². The van der Waals surface area contributed by atoms with Crippen molar-refractivity contribution in [3.8, 4) is 67.5 Å². The maximum absolute atomic E-state index is 5.10. The summed E-state index contributed by atoms with van der Waals surface area (Å²) < 4.78 is 0. The van der Waals surface area contributed by atoms with Crippen molar-refractivity contribution < 1.29 is 0 Å². The second-order valence-electron chi connectivity index (χ2n) is 15.1. The fourth-order valence-corrected chi connectivity index (χ4v) is 9.06. The third-order valence-electron chi connectivity index (χ3n) is 11.8. The van der Waals surface area contributed by atoms with E-state index in [1.54, 1.807) is 0 Å². The maximum Gasteiger partial charge on any atom is 0.164 e. The first-order valence-electron chi connectivity index (χ1n) is 20.1. The quantitative estimate of drug-likeness (QED) is 0.163. The first-order chi connectivity index (χ1) is 29.2. The molecule has 1 aliphatic carbocycles. The number of hydrogen-bond acceptors (Lipinski definition) is 3. The minimum Gasteiger partial charge on any atom is -0.208 e. The van der Waals surface area contributed by atoms with Gasteiger partial charge in [0.2, 0.25) is 0 Å². The second kappa shape index (κ2) is 14.3. The lowest BCUT2D eigenvalue weighted by molar-refractivity contribution is 0.768. The first-order valence-corrected chi connectivity index (χ1v) is 20.1. The lowest BCUT2D eigenvalue weighted by atomic mass is 9.67. The molecule has 10 aromatic rings. The maximum atomic E-state index is 5.10. The molecule has 3 heteroatoms. The molecule has 3 nitrogen and oxygen atoms in total. The number of fused-ring (bicyclic) bond motifs is 4. The Morgan fingerprint density at radius 2 is 0.712 bits per heavy atom. The minimum absolute atomic E-state index is 0.451. The molecule has 0 bridgehead atoms. The zero-order valence-electron chi connectivity index (χ0n) is 32.2. The van der Waals surface area contributed by atoms with Crippen LogP contribution in [0.2, 0.25) is 0 Å². The van der Waals surface area contributed by atoms with E-state index in [9.17, 15) is 0 Å². The third-order valence-corrected chi connectivity index (χ3v) is 11.8. The molecule has 0 fully saturated rings. The highest BCUT2D eigenvalue weighted by Gasteiger charge is 2.46. The van der Waals surface area contributed by atoms with Gasteiger partial charge in [-0.2, -0.15) is 0 Å². The van der Waals surface area contributed by atoms with Gasteiger partial charge in [0.15, 0.2) is 17.5 Å². The third kappa shape index (κ3) is 5.86. The van der Waals surface area contributed by atoms with Crippen molar-refractivity contribution in [2.75, 3.05) is 0 Å². The van der Waals surface area contributed by atoms with Gasteiger partial charge in [-0.15, -0.1) is 0 Å². The van der Waals surface area contributed by atoms with Crippen molar-refractivity contribution in [3.63, 3.8) is 0 Å². The van der Waals surface area contributed by atoms with Crippen LogP contribution in [0.4, 0.5) is 0 Å². The van der Waals surface area contributed by atoms with Crippen molar-refractivity contribution in [1.82, 2.24) is 15.0 Å². The normalized spacial score (nSPS) is 12.5. The molecular weight excluding hydrogens is 715 g/mol. The summed E-state index contributed by atoms with van der Waals surface area (Å²) >= 11 is 0. The number of nitrogens with zero attached hydrogens (tertiary/aromatic N) is 3. The monoisotopic (exact) mass is 751 g/mol. The highest BCUT2D eigenvalue weighted by atomic mass is 15.0. The van der Waals surface area contributed by atoms with Crippen LogP contribution in [0.3, 0.4) is 0 Å². The molecular formula is C56H37N3. The van der Waals surface area contributed by atoms with Crippen LogP contribution < -0.4 is 0 Å². The molecule has 0 spiro atoms. The molecule has 59 heavy (non-hydrogen) atoms. The highest BCUT2D eigenvalue weighted by molar-refractivity contribution is 5.95. The Hall–Kier alpha value is -7.75. The molecule has 0 unspecified atom stereocenters. The van der Waals surface area contributed by atoms with Crippen molar-refractivity contribution >= 4 is 10.8 Å². The molecule has 0 saturated carbocycles. The average Bonchev–Trinajstić information content (AvgIpc) is 3.63. The summed E-state index contributed by atoms with van der Waals surface area (Å²) in [6, 6.07) is 80.1. The second-order valence-corrected chi connectivity index (χ2v) is 15.1. The van der Waals surface area contributed by atoms with Gasteiger partial charge in [0.1, 0.15) is 0 Å². The van der Waals surface area contributed by atoms with Crippen LogP contribution in [0.25, 0.3) is 78.3 Å². The van der Waals surface area contributed by atoms with Gasteiger partial charge in [-0.05, 0) is 72.5 Å². The van der Waals surface area contributed by atoms with Crippen LogP contribution in [0.5, 0.6) is 0 Å². The van der Waals surface area contributed by atoms with Crippen LogP contribution in [0.1, 0.15) is 22.3 Å². The fraction of sp³-hybridized carbons (Fsp3) is 0.0179. The summed E-state index contributed by atoms with van der Waals surface area (Å²) in [5, 5.41) is 2.46. The predicted octanol–water partition coefficient (Wildman–Crippen LogP) is 13.7. The van der Waals surface area contributed by atoms with Gasteiger partial charge < -0.3 is 0 Å². The van der Waals surface area contributed by atoms with Crippen LogP contribution in [0.15, 0.2) is 224 Å². The predicted molar refractivity (Wildman–Crippen MR) is 242 cm³/mol. The fourth-order valence-electron chi connectivity index (χ4n) is 9.06. The van der Waals surface area contributed by atoms with Crippen molar-refractivity contribution in [2.45, 2.75) is 5.41 Å². The molecule has 0 amide bonds. The molecule has 0 aliphatic heterocycles. The van der Waals surface area contributed by atoms with Gasteiger partial charge in [0.25, 0.3) is 0 Å². The van der Waals surface area contributed by atoms with E-state index in [4.69, 9.17) is 15.0 Å². The van der Waals surface area contributed by atoms with Crippen LogP contribution in [-0.2, 0) is 5.41 Å². The van der Waals surface area contributed by atoms with E-state index in [0.717, 1.165) is 27.8 Å². The number of benzene rings is 9. The molecule has 9 aromatic carbocycles. The Morgan fingerprint density at radius 1 is 0.271 bits per heavy atom. The molecule has 1 aromatic heterocycles. The zero-order valence-corrected chi connectivity index (χ0v) is 32.2. The van der Waals surface area contributed by atoms with Crippen LogP contribution in [0, 0.1) is 0 Å². The van der Waals surface area contributed by atoms with E-state index in [2.05, 4.69) is 194 Å². The van der Waals surface area contributed by atoms with Crippen LogP contribution >= 0.6 is 0 Å². The Labute approximate surface area is 344 Å². The smallest absolute Gasteiger partial charge is 0.164 e. The molecule has 0 N–H and O–H groups in total. The van der Waals surface area contributed by atoms with Gasteiger partial charge >= 0.3 is 0 Å². The zero-order chi connectivity index (χ0) is 39.2. The van der Waals surface area contributed by atoms with Crippen molar-refractivity contribution in [3.05, 3.63) is 247 Å². The van der Waals surface area contributed by atoms with Gasteiger partial charge in [-0.1, -0.05) is 218 Å². The Balaban J connectivity index is 1.00. The van der Waals surface area contributed by atoms with Crippen molar-refractivity contribution in [2.24, 2.45) is 0 Å². The van der Waals surface area contributed by atoms with E-state index in [0.29, 0.717) is 17.5 Å². The molecule has 1 aliphatic rings. The molecule has 276 valence electrons. The summed E-state index contributed by atoms with van der Waals surface area (Å²) in [7, 11) is 0. The summed E-state index contributed by atoms with van der Waals surface area (Å²) in [5.74, 6) is 1.91. The van der Waals surface area contributed by atoms with E-state index >= 15 is 0 Å². The van der Waals surface area contributed by atoms with E-state index < -0.39 is 5.41 Å². The molecule has 0 atom stereocenters. The molecule has 1 heterocycles. The highest BCUT2D eigenvalue weighted by Crippen LogP contribution is 2.58. The first kappa shape index (κ1) is 34.5. The van der Waals surface area contributed by atoms with Crippen molar-refractivity contribution in [1.29, 1.82) is 0 Å². The SMILES string of the molecule is c1ccc(-c2nc(-c3ccc(-c4ccc5ccccc5c4)cc3)nc(-c3ccc(-c4cccc5c4-c4ccccc4C5(c4ccccc4)c4ccccc4)cc3)n2)cc1. The summed E-state index contributed by atoms with van der Waals surface area (Å²) in [6.07, 6.45) is 0. The van der Waals surface area contributed by atoms with Gasteiger partial charge in [0, 0.05) is 16.7 Å². The lowest BCUT2D eigenvalue weighted by Gasteiger charge is -2.34. The topological polar surface area (TPSA) is 38.7 Å². The molecule has 0 saturated heterocycles. The van der Waals surface area contributed by atoms with Gasteiger partial charge in [-0.25, -0.2) is 15.0 Å². The summed E-state index contributed by atoms with van der Waals surface area (Å²) in [6.45, 7) is 0. The number of rotatable bonds is 7. The Bertz CT molecular complexity index is 3080. The summed E-state index contributed by atoms with van der Waals surface area (Å²) in [5.41, 5.74) is 14.6. The standard InChI is InChI=1S/C56H37N3/c1-4-16-41(17-5-1)53-57-54(42-32-27-39(28-33-42)45-36-29-38-15-10-11-18-44(38)37-45)59-55(58-53)43-34-30-40(31-35-43)48-24-14-26-51-52(48)49-23-12-13-25-50(49)56(51,46-19-6-2-7-20-46)47-21-8-3-9-22-47/h1-37H. The van der Waals surface area contributed by atoms with E-state index in [1.165, 1.54) is 55.3 Å². The largest absolute Gasteiger partial charge is 0.208 e. The Kier molecular flexibility index (Phi) is 8.37. The van der Waals surface area contributed by atoms with Gasteiger partial charge in [0.05, 0.1) is 5.41 Å². The molecule has 11 rings (SSSR count). The molecule has 0 radical (unpaired) electrons. The van der Waals surface area contributed by atoms with Gasteiger partial charge in [-0.3, -0.25) is 0 Å². The number of hydrogen-bond donors (Lipinski definition) is 0. The number of aromatic nitrogens is 3. The Morgan fingerprint density at radius 3 is 1.34 bits per heavy atom. The summed E-state index contributed by atoms with van der Waals surface area (Å²) in [4.78, 5) is 15.2. The van der Waals surface area contributed by atoms with Crippen LogP contribution in [-0.4, -0.2) is 15.0 Å². The lowest BCUT2D eigenvalue weighted by Crippen LogP contribution is -2.28. The van der Waals surface area contributed by atoms with E-state index in [-0.39, 0.29) is 0 Å².